The van der Waals surface area contributed by atoms with Crippen LogP contribution in [-0.2, 0) is 19.5 Å². The fourth-order valence-corrected chi connectivity index (χ4v) is 1.30. The number of methoxy groups -OCH3 is 1. The predicted octanol–water partition coefficient (Wildman–Crippen LogP) is 0.869. The maximum Gasteiger partial charge on any atom is 0.237 e. The lowest BCUT2D eigenvalue weighted by Gasteiger charge is -2.03. The molecule has 0 aliphatic carbocycles. The molecule has 0 aromatic heterocycles. The van der Waals surface area contributed by atoms with Crippen molar-refractivity contribution in [2.45, 2.75) is 6.92 Å². The lowest BCUT2D eigenvalue weighted by atomic mass is 10.4. The second kappa shape index (κ2) is 6.39. The SMILES string of the molecule is C=C(C=CC(=CC)S(N)(=O)=O)OCOC. The number of hydrogen-bond acceptors (Lipinski definition) is 4. The van der Waals surface area contributed by atoms with Crippen molar-refractivity contribution in [1.29, 1.82) is 0 Å². The van der Waals surface area contributed by atoms with Crippen LogP contribution >= 0.6 is 0 Å². The van der Waals surface area contributed by atoms with E-state index in [1.807, 2.05) is 0 Å². The van der Waals surface area contributed by atoms with E-state index in [0.29, 0.717) is 5.76 Å². The smallest absolute Gasteiger partial charge is 0.237 e. The zero-order chi connectivity index (χ0) is 11.9. The Kier molecular flexibility index (Phi) is 5.92. The lowest BCUT2D eigenvalue weighted by Crippen LogP contribution is -2.13. The van der Waals surface area contributed by atoms with Crippen LogP contribution in [0, 0.1) is 0 Å². The highest BCUT2D eigenvalue weighted by molar-refractivity contribution is 7.93. The molecule has 0 saturated carbocycles. The predicted molar refractivity (Wildman–Crippen MR) is 58.1 cm³/mol. The van der Waals surface area contributed by atoms with E-state index >= 15 is 0 Å². The first kappa shape index (κ1) is 13.9. The standard InChI is InChI=1S/C9H15NO4S/c1-4-9(15(10,11)12)6-5-8(2)14-7-13-3/h4-6H,2,7H2,1,3H3,(H2,10,11,12). The van der Waals surface area contributed by atoms with Crippen molar-refractivity contribution in [2.24, 2.45) is 5.14 Å². The molecule has 0 aliphatic heterocycles. The second-order valence-corrected chi connectivity index (χ2v) is 4.15. The van der Waals surface area contributed by atoms with Gasteiger partial charge in [-0.05, 0) is 19.1 Å². The average molecular weight is 233 g/mol. The van der Waals surface area contributed by atoms with Gasteiger partial charge in [0.1, 0.15) is 5.76 Å². The van der Waals surface area contributed by atoms with Crippen LogP contribution in [0.15, 0.2) is 35.5 Å². The molecule has 86 valence electrons. The lowest BCUT2D eigenvalue weighted by molar-refractivity contribution is 0.0106. The van der Waals surface area contributed by atoms with E-state index in [9.17, 15) is 8.42 Å². The molecule has 2 N–H and O–H groups in total. The summed E-state index contributed by atoms with van der Waals surface area (Å²) < 4.78 is 31.5. The van der Waals surface area contributed by atoms with Crippen LogP contribution in [0.1, 0.15) is 6.92 Å². The molecule has 0 unspecified atom stereocenters. The molecule has 15 heavy (non-hydrogen) atoms. The van der Waals surface area contributed by atoms with Crippen LogP contribution in [0.25, 0.3) is 0 Å². The van der Waals surface area contributed by atoms with E-state index < -0.39 is 10.0 Å². The Balaban J connectivity index is 4.46. The van der Waals surface area contributed by atoms with Gasteiger partial charge >= 0.3 is 0 Å². The molecule has 5 nitrogen and oxygen atoms in total. The van der Waals surface area contributed by atoms with Gasteiger partial charge in [-0.2, -0.15) is 0 Å². The van der Waals surface area contributed by atoms with Crippen molar-refractivity contribution < 1.29 is 17.9 Å². The largest absolute Gasteiger partial charge is 0.468 e. The maximum atomic E-state index is 11.0. The molecule has 0 heterocycles. The summed E-state index contributed by atoms with van der Waals surface area (Å²) in [5.74, 6) is 0.292. The van der Waals surface area contributed by atoms with E-state index in [4.69, 9.17) is 9.88 Å². The molecule has 0 bridgehead atoms. The van der Waals surface area contributed by atoms with Crippen LogP contribution in [0.2, 0.25) is 0 Å². The monoisotopic (exact) mass is 233 g/mol. The molecule has 0 radical (unpaired) electrons. The highest BCUT2D eigenvalue weighted by Gasteiger charge is 2.06. The number of primary sulfonamides is 1. The summed E-state index contributed by atoms with van der Waals surface area (Å²) in [5.41, 5.74) is 0. The Morgan fingerprint density at radius 2 is 2.07 bits per heavy atom. The Morgan fingerprint density at radius 1 is 1.47 bits per heavy atom. The average Bonchev–Trinajstić information content (AvgIpc) is 2.13. The van der Waals surface area contributed by atoms with Crippen LogP contribution in [0.5, 0.6) is 0 Å². The maximum absolute atomic E-state index is 11.0. The summed E-state index contributed by atoms with van der Waals surface area (Å²) in [5, 5.41) is 4.93. The minimum atomic E-state index is -3.68. The summed E-state index contributed by atoms with van der Waals surface area (Å²) in [6.45, 7) is 5.16. The van der Waals surface area contributed by atoms with Gasteiger partial charge in [0, 0.05) is 7.11 Å². The Bertz CT molecular complexity index is 368. The number of ether oxygens (including phenoxy) is 2. The van der Waals surface area contributed by atoms with Crippen LogP contribution in [0.4, 0.5) is 0 Å². The van der Waals surface area contributed by atoms with Gasteiger partial charge in [-0.25, -0.2) is 13.6 Å². The molecule has 0 atom stereocenters. The summed E-state index contributed by atoms with van der Waals surface area (Å²) in [6, 6.07) is 0. The van der Waals surface area contributed by atoms with Gasteiger partial charge in [0.2, 0.25) is 10.0 Å². The third-order valence-corrected chi connectivity index (χ3v) is 2.44. The third-order valence-electron chi connectivity index (χ3n) is 1.41. The van der Waals surface area contributed by atoms with Crippen molar-refractivity contribution in [3.8, 4) is 0 Å². The van der Waals surface area contributed by atoms with Crippen LogP contribution in [0.3, 0.4) is 0 Å². The number of sulfonamides is 1. The molecule has 0 saturated heterocycles. The number of allylic oxidation sites excluding steroid dienone is 3. The Labute approximate surface area is 89.9 Å². The van der Waals surface area contributed by atoms with Crippen molar-refractivity contribution in [3.63, 3.8) is 0 Å². The fourth-order valence-electron chi connectivity index (χ4n) is 0.713. The topological polar surface area (TPSA) is 78.6 Å². The fraction of sp³-hybridized carbons (Fsp3) is 0.333. The van der Waals surface area contributed by atoms with Gasteiger partial charge < -0.3 is 9.47 Å². The molecule has 0 amide bonds. The van der Waals surface area contributed by atoms with Gasteiger partial charge in [-0.15, -0.1) is 0 Å². The highest BCUT2D eigenvalue weighted by Crippen LogP contribution is 2.06. The molecule has 0 rings (SSSR count). The third kappa shape index (κ3) is 6.05. The summed E-state index contributed by atoms with van der Waals surface area (Å²) >= 11 is 0. The van der Waals surface area contributed by atoms with E-state index in [-0.39, 0.29) is 11.7 Å². The Hall–Kier alpha value is -1.11. The van der Waals surface area contributed by atoms with E-state index in [1.165, 1.54) is 25.3 Å². The van der Waals surface area contributed by atoms with Gasteiger partial charge in [0.15, 0.2) is 6.79 Å². The molecular formula is C9H15NO4S. The van der Waals surface area contributed by atoms with Crippen molar-refractivity contribution in [2.75, 3.05) is 13.9 Å². The van der Waals surface area contributed by atoms with Crippen LogP contribution in [-0.4, -0.2) is 22.3 Å². The van der Waals surface area contributed by atoms with Crippen molar-refractivity contribution >= 4 is 10.0 Å². The zero-order valence-electron chi connectivity index (χ0n) is 8.76. The second-order valence-electron chi connectivity index (χ2n) is 2.59. The first-order valence-corrected chi connectivity index (χ1v) is 5.64. The normalized spacial score (nSPS) is 13.1. The first-order chi connectivity index (χ1) is 6.91. The summed E-state index contributed by atoms with van der Waals surface area (Å²) in [7, 11) is -2.21. The van der Waals surface area contributed by atoms with Crippen molar-refractivity contribution in [1.82, 2.24) is 0 Å². The number of rotatable bonds is 6. The molecule has 0 aromatic carbocycles. The van der Waals surface area contributed by atoms with Crippen LogP contribution < -0.4 is 5.14 Å². The Morgan fingerprint density at radius 3 is 2.47 bits per heavy atom. The van der Waals surface area contributed by atoms with E-state index in [1.54, 1.807) is 6.92 Å². The highest BCUT2D eigenvalue weighted by atomic mass is 32.2. The van der Waals surface area contributed by atoms with Gasteiger partial charge in [-0.3, -0.25) is 0 Å². The zero-order valence-corrected chi connectivity index (χ0v) is 9.58. The molecular weight excluding hydrogens is 218 g/mol. The molecule has 6 heteroatoms. The molecule has 0 aliphatic rings. The van der Waals surface area contributed by atoms with Gasteiger partial charge in [0.05, 0.1) is 4.91 Å². The molecule has 0 spiro atoms. The molecule has 0 aromatic rings. The molecule has 0 fully saturated rings. The van der Waals surface area contributed by atoms with Crippen molar-refractivity contribution in [3.05, 3.63) is 35.5 Å². The van der Waals surface area contributed by atoms with Gasteiger partial charge in [0.25, 0.3) is 0 Å². The van der Waals surface area contributed by atoms with E-state index in [2.05, 4.69) is 11.3 Å². The first-order valence-electron chi connectivity index (χ1n) is 4.09. The van der Waals surface area contributed by atoms with Gasteiger partial charge in [-0.1, -0.05) is 12.7 Å². The quantitative estimate of drug-likeness (QED) is 0.419. The summed E-state index contributed by atoms with van der Waals surface area (Å²) in [4.78, 5) is 0.00432. The number of hydrogen-bond donors (Lipinski definition) is 1. The number of nitrogens with two attached hydrogens (primary N) is 1. The minimum Gasteiger partial charge on any atom is -0.468 e. The summed E-state index contributed by atoms with van der Waals surface area (Å²) in [6.07, 6.45) is 4.10. The van der Waals surface area contributed by atoms with E-state index in [0.717, 1.165) is 0 Å². The minimum absolute atomic E-state index is 0.00432.